The minimum atomic E-state index is 0.694. The zero-order chi connectivity index (χ0) is 7.90. The lowest BCUT2D eigenvalue weighted by Gasteiger charge is -2.33. The predicted octanol–water partition coefficient (Wildman–Crippen LogP) is 3.43. The summed E-state index contributed by atoms with van der Waals surface area (Å²) in [5.41, 5.74) is 0.694. The molecule has 2 saturated carbocycles. The standard InChI is InChI=1S/C11H19/c1-3-10-7-9-5-6-11(10,4-2)8-9/h4,9-10H,3,5-8H2,1-2H3. The van der Waals surface area contributed by atoms with Crippen molar-refractivity contribution in [3.63, 3.8) is 0 Å². The number of hydrogen-bond donors (Lipinski definition) is 0. The van der Waals surface area contributed by atoms with Gasteiger partial charge >= 0.3 is 0 Å². The molecule has 0 spiro atoms. The maximum absolute atomic E-state index is 2.51. The van der Waals surface area contributed by atoms with Gasteiger partial charge in [0.2, 0.25) is 0 Å². The van der Waals surface area contributed by atoms with Gasteiger partial charge in [-0.05, 0) is 49.4 Å². The van der Waals surface area contributed by atoms with E-state index in [1.165, 1.54) is 32.1 Å². The third kappa shape index (κ3) is 0.947. The Morgan fingerprint density at radius 1 is 1.55 bits per heavy atom. The second-order valence-corrected chi connectivity index (χ2v) is 4.47. The molecule has 0 saturated heterocycles. The van der Waals surface area contributed by atoms with Gasteiger partial charge in [0.15, 0.2) is 0 Å². The summed E-state index contributed by atoms with van der Waals surface area (Å²) in [4.78, 5) is 0. The smallest absolute Gasteiger partial charge is 0.0238 e. The topological polar surface area (TPSA) is 0 Å². The van der Waals surface area contributed by atoms with Gasteiger partial charge in [0.1, 0.15) is 0 Å². The molecule has 3 unspecified atom stereocenters. The molecule has 2 aliphatic rings. The van der Waals surface area contributed by atoms with E-state index in [0.717, 1.165) is 11.8 Å². The third-order valence-corrected chi connectivity index (χ3v) is 4.19. The Bertz CT molecular complexity index is 150. The van der Waals surface area contributed by atoms with Crippen LogP contribution in [0.1, 0.15) is 46.0 Å². The zero-order valence-corrected chi connectivity index (χ0v) is 7.77. The van der Waals surface area contributed by atoms with E-state index in [1.54, 1.807) is 0 Å². The van der Waals surface area contributed by atoms with Crippen molar-refractivity contribution in [3.05, 3.63) is 6.42 Å². The van der Waals surface area contributed by atoms with E-state index in [9.17, 15) is 0 Å². The van der Waals surface area contributed by atoms with Gasteiger partial charge in [-0.3, -0.25) is 0 Å². The Morgan fingerprint density at radius 3 is 2.82 bits per heavy atom. The van der Waals surface area contributed by atoms with Crippen LogP contribution in [-0.2, 0) is 0 Å². The SMILES string of the molecule is C[CH]C12CCC(CC1CC)C2. The minimum absolute atomic E-state index is 0.694. The summed E-state index contributed by atoms with van der Waals surface area (Å²) in [6.07, 6.45) is 9.96. The lowest BCUT2D eigenvalue weighted by molar-refractivity contribution is 0.221. The zero-order valence-electron chi connectivity index (χ0n) is 7.77. The van der Waals surface area contributed by atoms with Crippen LogP contribution >= 0.6 is 0 Å². The summed E-state index contributed by atoms with van der Waals surface area (Å²) in [6.45, 7) is 4.63. The van der Waals surface area contributed by atoms with Crippen molar-refractivity contribution >= 4 is 0 Å². The first-order valence-corrected chi connectivity index (χ1v) is 5.11. The molecule has 1 radical (unpaired) electrons. The van der Waals surface area contributed by atoms with Gasteiger partial charge in [-0.2, -0.15) is 0 Å². The molecule has 0 aliphatic heterocycles. The van der Waals surface area contributed by atoms with Crippen LogP contribution in [0.4, 0.5) is 0 Å². The molecule has 3 atom stereocenters. The number of fused-ring (bicyclic) bond motifs is 2. The number of rotatable bonds is 2. The fourth-order valence-electron chi connectivity index (χ4n) is 3.49. The summed E-state index contributed by atoms with van der Waals surface area (Å²) in [6, 6.07) is 0. The van der Waals surface area contributed by atoms with Gasteiger partial charge in [0, 0.05) is 0 Å². The maximum Gasteiger partial charge on any atom is -0.0238 e. The second kappa shape index (κ2) is 2.50. The maximum atomic E-state index is 2.51. The Kier molecular flexibility index (Phi) is 1.74. The first-order valence-electron chi connectivity index (χ1n) is 5.11. The van der Waals surface area contributed by atoms with E-state index in [4.69, 9.17) is 0 Å². The van der Waals surface area contributed by atoms with Crippen LogP contribution < -0.4 is 0 Å². The van der Waals surface area contributed by atoms with Crippen molar-refractivity contribution < 1.29 is 0 Å². The average Bonchev–Trinajstić information content (AvgIpc) is 2.60. The van der Waals surface area contributed by atoms with E-state index in [0.29, 0.717) is 5.41 Å². The normalized spacial score (nSPS) is 48.5. The molecule has 63 valence electrons. The molecule has 2 aliphatic carbocycles. The van der Waals surface area contributed by atoms with Crippen molar-refractivity contribution in [2.75, 3.05) is 0 Å². The van der Waals surface area contributed by atoms with Crippen LogP contribution in [0.25, 0.3) is 0 Å². The summed E-state index contributed by atoms with van der Waals surface area (Å²) in [5.74, 6) is 2.13. The van der Waals surface area contributed by atoms with Crippen molar-refractivity contribution in [2.45, 2.75) is 46.0 Å². The highest BCUT2D eigenvalue weighted by Gasteiger charge is 2.49. The molecule has 2 bridgehead atoms. The van der Waals surface area contributed by atoms with E-state index in [1.807, 2.05) is 0 Å². The van der Waals surface area contributed by atoms with Gasteiger partial charge in [-0.15, -0.1) is 0 Å². The van der Waals surface area contributed by atoms with Crippen LogP contribution in [0.15, 0.2) is 0 Å². The molecule has 0 amide bonds. The highest BCUT2D eigenvalue weighted by Crippen LogP contribution is 2.59. The van der Waals surface area contributed by atoms with Crippen LogP contribution in [0, 0.1) is 23.7 Å². The Labute approximate surface area is 70.4 Å². The molecule has 0 aromatic carbocycles. The monoisotopic (exact) mass is 151 g/mol. The van der Waals surface area contributed by atoms with Crippen LogP contribution in [0.2, 0.25) is 0 Å². The summed E-state index contributed by atoms with van der Waals surface area (Å²) >= 11 is 0. The first-order chi connectivity index (χ1) is 5.30. The summed E-state index contributed by atoms with van der Waals surface area (Å²) in [7, 11) is 0. The van der Waals surface area contributed by atoms with Crippen LogP contribution in [0.5, 0.6) is 0 Å². The van der Waals surface area contributed by atoms with E-state index >= 15 is 0 Å². The molecule has 2 fully saturated rings. The predicted molar refractivity (Wildman–Crippen MR) is 48.1 cm³/mol. The van der Waals surface area contributed by atoms with Crippen molar-refractivity contribution in [2.24, 2.45) is 17.3 Å². The molecule has 0 aromatic rings. The molecule has 0 heterocycles. The van der Waals surface area contributed by atoms with Gasteiger partial charge < -0.3 is 0 Å². The highest BCUT2D eigenvalue weighted by molar-refractivity contribution is 5.06. The number of hydrogen-bond acceptors (Lipinski definition) is 0. The Morgan fingerprint density at radius 2 is 2.36 bits per heavy atom. The molecular weight excluding hydrogens is 132 g/mol. The molecule has 0 N–H and O–H groups in total. The lowest BCUT2D eigenvalue weighted by Crippen LogP contribution is -2.24. The highest BCUT2D eigenvalue weighted by atomic mass is 14.5. The van der Waals surface area contributed by atoms with Gasteiger partial charge in [-0.1, -0.05) is 20.3 Å². The molecule has 2 rings (SSSR count). The van der Waals surface area contributed by atoms with E-state index in [-0.39, 0.29) is 0 Å². The Balaban J connectivity index is 2.15. The molecule has 0 aromatic heterocycles. The third-order valence-electron chi connectivity index (χ3n) is 4.19. The first kappa shape index (κ1) is 7.64. The molecule has 0 heteroatoms. The van der Waals surface area contributed by atoms with Crippen molar-refractivity contribution in [1.82, 2.24) is 0 Å². The Hall–Kier alpha value is 0. The fourth-order valence-corrected chi connectivity index (χ4v) is 3.49. The quantitative estimate of drug-likeness (QED) is 0.567. The van der Waals surface area contributed by atoms with Gasteiger partial charge in [0.25, 0.3) is 0 Å². The fraction of sp³-hybridized carbons (Fsp3) is 0.909. The van der Waals surface area contributed by atoms with Gasteiger partial charge in [0.05, 0.1) is 0 Å². The molecular formula is C11H19. The van der Waals surface area contributed by atoms with Crippen LogP contribution in [-0.4, -0.2) is 0 Å². The van der Waals surface area contributed by atoms with Crippen LogP contribution in [0.3, 0.4) is 0 Å². The van der Waals surface area contributed by atoms with Crippen molar-refractivity contribution in [3.8, 4) is 0 Å². The lowest BCUT2D eigenvalue weighted by atomic mass is 9.72. The molecule has 11 heavy (non-hydrogen) atoms. The minimum Gasteiger partial charge on any atom is -0.0651 e. The average molecular weight is 151 g/mol. The molecule has 0 nitrogen and oxygen atoms in total. The second-order valence-electron chi connectivity index (χ2n) is 4.47. The summed E-state index contributed by atoms with van der Waals surface area (Å²) < 4.78 is 0. The van der Waals surface area contributed by atoms with E-state index in [2.05, 4.69) is 20.3 Å². The summed E-state index contributed by atoms with van der Waals surface area (Å²) in [5, 5.41) is 0. The largest absolute Gasteiger partial charge is 0.0651 e. The van der Waals surface area contributed by atoms with Crippen molar-refractivity contribution in [1.29, 1.82) is 0 Å². The van der Waals surface area contributed by atoms with E-state index < -0.39 is 0 Å². The van der Waals surface area contributed by atoms with Gasteiger partial charge in [-0.25, -0.2) is 0 Å².